The Morgan fingerprint density at radius 3 is 2.39 bits per heavy atom. The van der Waals surface area contributed by atoms with Gasteiger partial charge in [0.2, 0.25) is 13.6 Å². The lowest BCUT2D eigenvalue weighted by Crippen LogP contribution is -2.31. The molecule has 2 heterocycles. The molecule has 2 rings (SSSR count). The predicted molar refractivity (Wildman–Crippen MR) is 127 cm³/mol. The van der Waals surface area contributed by atoms with Crippen LogP contribution in [0.2, 0.25) is 0 Å². The Kier molecular flexibility index (Phi) is 11.3. The van der Waals surface area contributed by atoms with Crippen LogP contribution in [0.1, 0.15) is 34.6 Å². The average molecular weight is 532 g/mol. The molecule has 0 aliphatic rings. The van der Waals surface area contributed by atoms with Crippen LogP contribution in [0.25, 0.3) is 11.2 Å². The first-order chi connectivity index (χ1) is 17.1. The number of ether oxygens (including phenoxy) is 4. The molecule has 1 amide bonds. The van der Waals surface area contributed by atoms with Crippen LogP contribution in [-0.4, -0.2) is 81.9 Å². The highest BCUT2D eigenvalue weighted by atomic mass is 31.2. The lowest BCUT2D eigenvalue weighted by molar-refractivity contribution is -0.0282. The van der Waals surface area contributed by atoms with Crippen LogP contribution in [0.4, 0.5) is 15.4 Å². The largest absolute Gasteiger partial charge is 0.510 e. The van der Waals surface area contributed by atoms with Crippen molar-refractivity contribution in [2.75, 3.05) is 38.8 Å². The molecule has 0 aliphatic heterocycles. The molecule has 15 nitrogen and oxygen atoms in total. The zero-order valence-electron chi connectivity index (χ0n) is 21.0. The number of fused-ring (bicyclic) bond motifs is 1. The number of carbonyl (C=O) groups is 2. The molecule has 2 N–H and O–H groups in total. The highest BCUT2D eigenvalue weighted by Gasteiger charge is 2.29. The second-order valence-corrected chi connectivity index (χ2v) is 9.68. The SMILES string of the molecule is CCN(CC)C(=O)OCOP(=O)(CO[C@H](C)Cn1cnc2c(N)ncnc21)OCOC(=O)OC(C)C. The Balaban J connectivity index is 1.98. The van der Waals surface area contributed by atoms with Gasteiger partial charge in [-0.3, -0.25) is 13.6 Å². The van der Waals surface area contributed by atoms with Gasteiger partial charge in [-0.2, -0.15) is 0 Å². The Hall–Kier alpha value is -3.00. The van der Waals surface area contributed by atoms with E-state index in [-0.39, 0.29) is 12.4 Å². The zero-order chi connectivity index (χ0) is 26.7. The van der Waals surface area contributed by atoms with Crippen molar-refractivity contribution in [2.24, 2.45) is 0 Å². The number of hydrogen-bond acceptors (Lipinski definition) is 13. The number of rotatable bonds is 14. The van der Waals surface area contributed by atoms with Gasteiger partial charge in [0.25, 0.3) is 0 Å². The van der Waals surface area contributed by atoms with Crippen molar-refractivity contribution in [3.63, 3.8) is 0 Å². The van der Waals surface area contributed by atoms with E-state index in [0.29, 0.717) is 24.3 Å². The molecule has 2 aromatic rings. The lowest BCUT2D eigenvalue weighted by Gasteiger charge is -2.22. The van der Waals surface area contributed by atoms with Crippen LogP contribution >= 0.6 is 7.60 Å². The maximum Gasteiger partial charge on any atom is 0.510 e. The Labute approximate surface area is 208 Å². The number of amides is 1. The smallest absolute Gasteiger partial charge is 0.432 e. The summed E-state index contributed by atoms with van der Waals surface area (Å²) in [5.41, 5.74) is 6.76. The number of anilines is 1. The van der Waals surface area contributed by atoms with Crippen molar-refractivity contribution >= 4 is 36.8 Å². The van der Waals surface area contributed by atoms with Crippen molar-refractivity contribution in [1.29, 1.82) is 0 Å². The highest BCUT2D eigenvalue weighted by molar-refractivity contribution is 7.53. The normalized spacial score (nSPS) is 13.8. The van der Waals surface area contributed by atoms with Gasteiger partial charge >= 0.3 is 19.8 Å². The predicted octanol–water partition coefficient (Wildman–Crippen LogP) is 2.95. The van der Waals surface area contributed by atoms with Gasteiger partial charge in [-0.1, -0.05) is 0 Å². The minimum atomic E-state index is -4.03. The Morgan fingerprint density at radius 2 is 1.75 bits per heavy atom. The molecular formula is C20H33N6O9P. The van der Waals surface area contributed by atoms with Gasteiger partial charge in [-0.05, 0) is 34.6 Å². The number of hydrogen-bond donors (Lipinski definition) is 1. The monoisotopic (exact) mass is 532 g/mol. The van der Waals surface area contributed by atoms with Crippen LogP contribution < -0.4 is 5.73 Å². The third kappa shape index (κ3) is 8.90. The molecule has 0 aliphatic carbocycles. The summed E-state index contributed by atoms with van der Waals surface area (Å²) in [5, 5.41) is 0. The minimum absolute atomic E-state index is 0.244. The molecular weight excluding hydrogens is 499 g/mol. The van der Waals surface area contributed by atoms with Crippen molar-refractivity contribution < 1.29 is 42.1 Å². The number of carbonyl (C=O) groups excluding carboxylic acids is 2. The molecule has 0 saturated carbocycles. The molecule has 16 heteroatoms. The van der Waals surface area contributed by atoms with Crippen molar-refractivity contribution in [3.8, 4) is 0 Å². The van der Waals surface area contributed by atoms with Gasteiger partial charge in [-0.15, -0.1) is 0 Å². The van der Waals surface area contributed by atoms with Crippen LogP contribution in [-0.2, 0) is 39.1 Å². The van der Waals surface area contributed by atoms with E-state index >= 15 is 0 Å². The van der Waals surface area contributed by atoms with E-state index in [9.17, 15) is 14.2 Å². The van der Waals surface area contributed by atoms with Crippen LogP contribution in [0.15, 0.2) is 12.7 Å². The minimum Gasteiger partial charge on any atom is -0.432 e. The van der Waals surface area contributed by atoms with Gasteiger partial charge < -0.3 is 34.1 Å². The summed E-state index contributed by atoms with van der Waals surface area (Å²) >= 11 is 0. The molecule has 0 aromatic carbocycles. The van der Waals surface area contributed by atoms with Gasteiger partial charge in [0.1, 0.15) is 18.2 Å². The Morgan fingerprint density at radius 1 is 1.08 bits per heavy atom. The van der Waals surface area contributed by atoms with Crippen LogP contribution in [0.5, 0.6) is 0 Å². The topological polar surface area (TPSA) is 179 Å². The van der Waals surface area contributed by atoms with Crippen LogP contribution in [0, 0.1) is 0 Å². The third-order valence-corrected chi connectivity index (χ3v) is 6.07. The zero-order valence-corrected chi connectivity index (χ0v) is 21.9. The maximum atomic E-state index is 13.2. The number of nitrogen functional groups attached to an aromatic ring is 1. The fourth-order valence-corrected chi connectivity index (χ4v) is 3.89. The van der Waals surface area contributed by atoms with E-state index in [4.69, 9.17) is 33.7 Å². The molecule has 0 spiro atoms. The summed E-state index contributed by atoms with van der Waals surface area (Å²) in [6.07, 6.45) is -0.251. The van der Waals surface area contributed by atoms with Crippen molar-refractivity contribution in [2.45, 2.75) is 53.4 Å². The summed E-state index contributed by atoms with van der Waals surface area (Å²) in [7, 11) is -4.03. The molecule has 36 heavy (non-hydrogen) atoms. The summed E-state index contributed by atoms with van der Waals surface area (Å²) in [6, 6.07) is 0. The summed E-state index contributed by atoms with van der Waals surface area (Å²) in [4.78, 5) is 37.2. The van der Waals surface area contributed by atoms with E-state index in [0.717, 1.165) is 0 Å². The van der Waals surface area contributed by atoms with E-state index in [1.807, 2.05) is 0 Å². The van der Waals surface area contributed by atoms with E-state index < -0.39 is 52.0 Å². The van der Waals surface area contributed by atoms with Gasteiger partial charge in [-0.25, -0.2) is 24.5 Å². The molecule has 0 fully saturated rings. The van der Waals surface area contributed by atoms with Crippen LogP contribution in [0.3, 0.4) is 0 Å². The second kappa shape index (κ2) is 13.9. The molecule has 0 bridgehead atoms. The fourth-order valence-electron chi connectivity index (χ4n) is 2.80. The first kappa shape index (κ1) is 29.2. The molecule has 2 aromatic heterocycles. The van der Waals surface area contributed by atoms with E-state index in [1.54, 1.807) is 39.2 Å². The van der Waals surface area contributed by atoms with Crippen molar-refractivity contribution in [3.05, 3.63) is 12.7 Å². The molecule has 202 valence electrons. The lowest BCUT2D eigenvalue weighted by atomic mass is 10.4. The number of nitrogens with two attached hydrogens (primary N) is 1. The number of aromatic nitrogens is 4. The second-order valence-electron chi connectivity index (χ2n) is 7.68. The van der Waals surface area contributed by atoms with Gasteiger partial charge in [0, 0.05) is 13.1 Å². The van der Waals surface area contributed by atoms with E-state index in [1.165, 1.54) is 17.6 Å². The molecule has 0 saturated heterocycles. The summed E-state index contributed by atoms with van der Waals surface area (Å²) in [6.45, 7) is 8.30. The van der Waals surface area contributed by atoms with Gasteiger partial charge in [0.05, 0.1) is 25.1 Å². The number of nitrogens with zero attached hydrogens (tertiary/aromatic N) is 5. The third-order valence-electron chi connectivity index (χ3n) is 4.61. The quantitative estimate of drug-likeness (QED) is 0.213. The van der Waals surface area contributed by atoms with Crippen molar-refractivity contribution in [1.82, 2.24) is 24.4 Å². The highest BCUT2D eigenvalue weighted by Crippen LogP contribution is 2.48. The summed E-state index contributed by atoms with van der Waals surface area (Å²) in [5.74, 6) is 0.244. The Bertz CT molecular complexity index is 1050. The maximum absolute atomic E-state index is 13.2. The molecule has 2 atom stereocenters. The number of imidazole rings is 1. The van der Waals surface area contributed by atoms with E-state index in [2.05, 4.69) is 15.0 Å². The average Bonchev–Trinajstić information content (AvgIpc) is 3.22. The molecule has 0 radical (unpaired) electrons. The summed E-state index contributed by atoms with van der Waals surface area (Å²) < 4.78 is 45.5. The standard InChI is InChI=1S/C20H33N6O9P/c1-6-25(7-2)19(27)30-11-33-36(29,34-12-31-20(28)35-14(3)4)13-32-15(5)8-26-10-24-16-17(21)22-9-23-18(16)26/h9-10,14-15H,6-8,11-13H2,1-5H3,(H2,21,22,23)/t15-,36?/m1/s1. The van der Waals surface area contributed by atoms with Gasteiger partial charge in [0.15, 0.2) is 11.5 Å². The fraction of sp³-hybridized carbons (Fsp3) is 0.650. The first-order valence-electron chi connectivity index (χ1n) is 11.2. The first-order valence-corrected chi connectivity index (χ1v) is 13.0. The molecule has 1 unspecified atom stereocenters.